The lowest BCUT2D eigenvalue weighted by molar-refractivity contribution is -0.127. The molecule has 0 unspecified atom stereocenters. The van der Waals surface area contributed by atoms with Crippen molar-refractivity contribution in [3.63, 3.8) is 0 Å². The van der Waals surface area contributed by atoms with Crippen LogP contribution in [0.5, 0.6) is 0 Å². The van der Waals surface area contributed by atoms with E-state index < -0.39 is 0 Å². The van der Waals surface area contributed by atoms with E-state index in [0.29, 0.717) is 31.4 Å². The lowest BCUT2D eigenvalue weighted by atomic mass is 10.00. The zero-order chi connectivity index (χ0) is 19.1. The molecule has 7 nitrogen and oxygen atoms in total. The first-order valence-electron chi connectivity index (χ1n) is 8.98. The number of thioether (sulfide) groups is 1. The van der Waals surface area contributed by atoms with Crippen LogP contribution in [0.2, 0.25) is 0 Å². The van der Waals surface area contributed by atoms with Crippen molar-refractivity contribution in [2.24, 2.45) is 0 Å². The second-order valence-corrected chi connectivity index (χ2v) is 7.23. The van der Waals surface area contributed by atoms with E-state index in [1.807, 2.05) is 23.1 Å². The largest absolute Gasteiger partial charge is 0.385 e. The van der Waals surface area contributed by atoms with Gasteiger partial charge in [0.1, 0.15) is 0 Å². The molecule has 8 heteroatoms. The third-order valence-corrected chi connectivity index (χ3v) is 5.45. The molecule has 1 aromatic heterocycles. The van der Waals surface area contributed by atoms with Gasteiger partial charge in [0, 0.05) is 33.4 Å². The molecule has 3 rings (SSSR count). The zero-order valence-electron chi connectivity index (χ0n) is 15.4. The molecule has 1 aromatic carbocycles. The first-order chi connectivity index (χ1) is 13.2. The van der Waals surface area contributed by atoms with E-state index in [2.05, 4.69) is 28.4 Å². The van der Waals surface area contributed by atoms with Crippen molar-refractivity contribution >= 4 is 23.2 Å². The van der Waals surface area contributed by atoms with Gasteiger partial charge in [-0.2, -0.15) is 0 Å². The van der Waals surface area contributed by atoms with Gasteiger partial charge in [-0.05, 0) is 24.0 Å². The number of rotatable bonds is 8. The maximum Gasteiger partial charge on any atom is 0.343 e. The smallest absolute Gasteiger partial charge is 0.343 e. The van der Waals surface area contributed by atoms with E-state index in [1.54, 1.807) is 11.7 Å². The highest BCUT2D eigenvalue weighted by molar-refractivity contribution is 7.99. The molecule has 0 saturated heterocycles. The van der Waals surface area contributed by atoms with E-state index in [9.17, 15) is 9.59 Å². The molecule has 0 radical (unpaired) electrons. The fourth-order valence-electron chi connectivity index (χ4n) is 3.01. The maximum atomic E-state index is 12.5. The monoisotopic (exact) mass is 388 g/mol. The number of aromatic amines is 1. The summed E-state index contributed by atoms with van der Waals surface area (Å²) < 4.78 is 6.58. The molecule has 2 aromatic rings. The minimum atomic E-state index is -0.255. The molecule has 2 heterocycles. The lowest BCUT2D eigenvalue weighted by Crippen LogP contribution is -2.36. The third-order valence-electron chi connectivity index (χ3n) is 4.48. The summed E-state index contributed by atoms with van der Waals surface area (Å²) in [6, 6.07) is 10.3. The number of nitrogens with one attached hydrogen (secondary N) is 1. The Hall–Kier alpha value is -2.32. The van der Waals surface area contributed by atoms with Gasteiger partial charge in [-0.3, -0.25) is 9.36 Å². The molecule has 0 fully saturated rings. The van der Waals surface area contributed by atoms with Crippen LogP contribution in [0.3, 0.4) is 0 Å². The molecular formula is C19H24N4O3S. The normalized spacial score (nSPS) is 14.3. The van der Waals surface area contributed by atoms with Gasteiger partial charge in [0.15, 0.2) is 5.16 Å². The number of H-pyrrole nitrogens is 1. The van der Waals surface area contributed by atoms with Gasteiger partial charge in [0.2, 0.25) is 5.91 Å². The van der Waals surface area contributed by atoms with E-state index in [0.717, 1.165) is 12.8 Å². The Morgan fingerprint density at radius 3 is 2.85 bits per heavy atom. The van der Waals surface area contributed by atoms with Crippen LogP contribution in [0, 0.1) is 0 Å². The van der Waals surface area contributed by atoms with Crippen molar-refractivity contribution in [3.05, 3.63) is 52.5 Å². The number of hydrogen-bond donors (Lipinski definition) is 1. The van der Waals surface area contributed by atoms with E-state index >= 15 is 0 Å². The van der Waals surface area contributed by atoms with Gasteiger partial charge in [-0.1, -0.05) is 48.2 Å². The summed E-state index contributed by atoms with van der Waals surface area (Å²) in [5, 5.41) is 7.02. The number of carbonyl (C=O) groups excluding carboxylic acids is 1. The number of ether oxygens (including phenoxy) is 1. The van der Waals surface area contributed by atoms with Crippen LogP contribution in [0.1, 0.15) is 18.4 Å². The highest BCUT2D eigenvalue weighted by Gasteiger charge is 2.19. The van der Waals surface area contributed by atoms with Crippen LogP contribution >= 0.6 is 11.8 Å². The number of benzene rings is 1. The highest BCUT2D eigenvalue weighted by atomic mass is 32.2. The molecular weight excluding hydrogens is 364 g/mol. The van der Waals surface area contributed by atoms with Crippen LogP contribution < -0.4 is 5.69 Å². The van der Waals surface area contributed by atoms with Gasteiger partial charge in [0.05, 0.1) is 5.75 Å². The molecule has 0 aliphatic carbocycles. The number of methoxy groups -OCH3 is 1. The van der Waals surface area contributed by atoms with Gasteiger partial charge >= 0.3 is 5.69 Å². The number of hydrogen-bond acceptors (Lipinski definition) is 5. The van der Waals surface area contributed by atoms with Crippen molar-refractivity contribution < 1.29 is 9.53 Å². The number of amides is 1. The average Bonchev–Trinajstić information content (AvgIpc) is 3.07. The Labute approximate surface area is 162 Å². The fraction of sp³-hybridized carbons (Fsp3) is 0.421. The van der Waals surface area contributed by atoms with Gasteiger partial charge in [-0.15, -0.1) is 5.10 Å². The molecule has 0 atom stereocenters. The molecule has 1 aliphatic rings. The van der Waals surface area contributed by atoms with E-state index in [4.69, 9.17) is 4.74 Å². The molecule has 1 aliphatic heterocycles. The predicted molar refractivity (Wildman–Crippen MR) is 106 cm³/mol. The Bertz CT molecular complexity index is 844. The summed E-state index contributed by atoms with van der Waals surface area (Å²) in [6.45, 7) is 2.42. The maximum absolute atomic E-state index is 12.5. The van der Waals surface area contributed by atoms with Crippen LogP contribution in [0.15, 0.2) is 46.4 Å². The average molecular weight is 388 g/mol. The van der Waals surface area contributed by atoms with Crippen LogP contribution in [-0.4, -0.2) is 58.1 Å². The fourth-order valence-corrected chi connectivity index (χ4v) is 3.88. The number of carbonyl (C=O) groups is 1. The minimum Gasteiger partial charge on any atom is -0.385 e. The molecule has 0 spiro atoms. The van der Waals surface area contributed by atoms with E-state index in [-0.39, 0.29) is 17.3 Å². The van der Waals surface area contributed by atoms with Gasteiger partial charge in [-0.25, -0.2) is 9.89 Å². The quantitative estimate of drug-likeness (QED) is 0.553. The van der Waals surface area contributed by atoms with Crippen molar-refractivity contribution in [3.8, 4) is 0 Å². The van der Waals surface area contributed by atoms with Crippen LogP contribution in [0.25, 0.3) is 5.57 Å². The molecule has 27 heavy (non-hydrogen) atoms. The van der Waals surface area contributed by atoms with Gasteiger partial charge in [0.25, 0.3) is 0 Å². The Kier molecular flexibility index (Phi) is 6.89. The van der Waals surface area contributed by atoms with Crippen molar-refractivity contribution in [2.45, 2.75) is 24.5 Å². The van der Waals surface area contributed by atoms with Crippen molar-refractivity contribution in [1.29, 1.82) is 0 Å². The molecule has 1 N–H and O–H groups in total. The molecule has 0 bridgehead atoms. The van der Waals surface area contributed by atoms with Crippen LogP contribution in [-0.2, 0) is 16.1 Å². The summed E-state index contributed by atoms with van der Waals surface area (Å²) in [4.78, 5) is 26.2. The molecule has 1 amide bonds. The summed E-state index contributed by atoms with van der Waals surface area (Å²) in [5.74, 6) is 0.325. The van der Waals surface area contributed by atoms with Crippen LogP contribution in [0.4, 0.5) is 0 Å². The van der Waals surface area contributed by atoms with Crippen molar-refractivity contribution in [2.75, 3.05) is 32.6 Å². The predicted octanol–water partition coefficient (Wildman–Crippen LogP) is 2.02. The number of aromatic nitrogens is 3. The second kappa shape index (κ2) is 9.57. The molecule has 0 saturated carbocycles. The highest BCUT2D eigenvalue weighted by Crippen LogP contribution is 2.23. The first-order valence-corrected chi connectivity index (χ1v) is 9.97. The Morgan fingerprint density at radius 1 is 1.33 bits per heavy atom. The Balaban J connectivity index is 1.53. The SMILES string of the molecule is COCCCn1c(SCC(=O)N2CC=C(c3ccccc3)CC2)n[nH]c1=O. The summed E-state index contributed by atoms with van der Waals surface area (Å²) in [7, 11) is 1.63. The summed E-state index contributed by atoms with van der Waals surface area (Å²) >= 11 is 1.29. The zero-order valence-corrected chi connectivity index (χ0v) is 16.2. The topological polar surface area (TPSA) is 80.2 Å². The lowest BCUT2D eigenvalue weighted by Gasteiger charge is -2.26. The summed E-state index contributed by atoms with van der Waals surface area (Å²) in [6.07, 6.45) is 3.69. The minimum absolute atomic E-state index is 0.0576. The van der Waals surface area contributed by atoms with E-state index in [1.165, 1.54) is 22.9 Å². The van der Waals surface area contributed by atoms with Gasteiger partial charge < -0.3 is 9.64 Å². The number of nitrogens with zero attached hydrogens (tertiary/aromatic N) is 3. The second-order valence-electron chi connectivity index (χ2n) is 6.28. The first kappa shape index (κ1) is 19.4. The van der Waals surface area contributed by atoms with Crippen molar-refractivity contribution in [1.82, 2.24) is 19.7 Å². The summed E-state index contributed by atoms with van der Waals surface area (Å²) in [5.41, 5.74) is 2.25. The molecule has 144 valence electrons. The third kappa shape index (κ3) is 5.11. The standard InChI is InChI=1S/C19H24N4O3S/c1-26-13-5-10-23-18(25)20-21-19(23)27-14-17(24)22-11-8-16(9-12-22)15-6-3-2-4-7-15/h2-4,6-8H,5,9-14H2,1H3,(H,20,25). The Morgan fingerprint density at radius 2 is 2.15 bits per heavy atom.